The molecule has 0 rings (SSSR count). The lowest BCUT2D eigenvalue weighted by Crippen LogP contribution is -2.47. The molecular weight excluding hydrogens is 916 g/mol. The molecule has 0 saturated heterocycles. The highest BCUT2D eigenvalue weighted by molar-refractivity contribution is 7.45. The summed E-state index contributed by atoms with van der Waals surface area (Å²) in [6.07, 6.45) is 67.0. The minimum atomic E-state index is -4.71. The van der Waals surface area contributed by atoms with Crippen LogP contribution in [0.15, 0.2) is 85.1 Å². The third kappa shape index (κ3) is 52.1. The molecule has 10 heteroatoms. The van der Waals surface area contributed by atoms with Crippen molar-refractivity contribution in [3.05, 3.63) is 85.1 Å². The summed E-state index contributed by atoms with van der Waals surface area (Å²) < 4.78 is 30.2. The van der Waals surface area contributed by atoms with Gasteiger partial charge in [-0.2, -0.15) is 0 Å². The lowest BCUT2D eigenvalue weighted by atomic mass is 10.0. The molecule has 0 aliphatic heterocycles. The number of nitrogens with zero attached hydrogens (tertiary/aromatic N) is 1. The number of carbonyl (C=O) groups excluding carboxylic acids is 2. The van der Waals surface area contributed by atoms with E-state index in [0.29, 0.717) is 23.9 Å². The van der Waals surface area contributed by atoms with Gasteiger partial charge in [-0.15, -0.1) is 0 Å². The van der Waals surface area contributed by atoms with Gasteiger partial charge in [0.1, 0.15) is 19.3 Å². The first-order valence-corrected chi connectivity index (χ1v) is 30.9. The summed E-state index contributed by atoms with van der Waals surface area (Å²) in [5.41, 5.74) is 0. The number of hydrogen-bond acceptors (Lipinski definition) is 7. The Hall–Kier alpha value is -2.81. The van der Waals surface area contributed by atoms with E-state index in [1.165, 1.54) is 116 Å². The Morgan fingerprint density at radius 1 is 0.486 bits per heavy atom. The van der Waals surface area contributed by atoms with Gasteiger partial charge >= 0.3 is 5.97 Å². The number of ether oxygens (including phenoxy) is 1. The van der Waals surface area contributed by atoms with Gasteiger partial charge < -0.3 is 28.5 Å². The largest absolute Gasteiger partial charge is 0.756 e. The highest BCUT2D eigenvalue weighted by Gasteiger charge is 2.27. The molecule has 0 fully saturated rings. The summed E-state index contributed by atoms with van der Waals surface area (Å²) in [5, 5.41) is 2.99. The van der Waals surface area contributed by atoms with Crippen molar-refractivity contribution in [1.82, 2.24) is 5.32 Å². The molecule has 0 aromatic rings. The van der Waals surface area contributed by atoms with Gasteiger partial charge in [0.05, 0.1) is 33.8 Å². The monoisotopic (exact) mass is 1030 g/mol. The number of nitrogens with one attached hydrogen (secondary N) is 1. The molecule has 1 amide bonds. The number of unbranched alkanes of at least 4 members (excludes halogenated alkanes) is 24. The standard InChI is InChI=1S/C62H111N2O7P/c1-7-10-13-16-19-22-25-28-29-30-31-32-33-34-35-37-39-42-45-48-51-54-61(65)63-59(58-70-72(67,68)69-57-56-64(4,5)6)60(53-50-47-44-41-38-27-24-21-18-15-12-9-3)71-62(66)55-52-49-46-43-40-36-26-23-20-17-14-11-8-2/h19,22,28-29,31-32,34-36,40,46,49-50,53,59-60H,7-18,20-21,23-27,30,33,37-39,41-45,47-48,51-52,54-58H2,1-6H3,(H-,63,65,67,68)/b22-19-,29-28-,32-31-,35-34-,40-36-,49-46+,53-50-. The van der Waals surface area contributed by atoms with Crippen LogP contribution < -0.4 is 10.2 Å². The molecule has 0 saturated carbocycles. The fourth-order valence-electron chi connectivity index (χ4n) is 7.97. The second kappa shape index (κ2) is 51.7. The molecule has 416 valence electrons. The van der Waals surface area contributed by atoms with E-state index in [1.807, 2.05) is 33.3 Å². The number of allylic oxidation sites excluding steroid dienone is 13. The van der Waals surface area contributed by atoms with Gasteiger partial charge in [0, 0.05) is 12.8 Å². The molecule has 0 radical (unpaired) electrons. The average molecular weight is 1030 g/mol. The molecule has 3 unspecified atom stereocenters. The maximum Gasteiger partial charge on any atom is 0.306 e. The number of quaternary nitrogens is 1. The van der Waals surface area contributed by atoms with Gasteiger partial charge in [-0.25, -0.2) is 0 Å². The Kier molecular flexibility index (Phi) is 49.6. The van der Waals surface area contributed by atoms with Crippen LogP contribution in [-0.2, 0) is 27.9 Å². The highest BCUT2D eigenvalue weighted by Crippen LogP contribution is 2.38. The van der Waals surface area contributed by atoms with Crippen molar-refractivity contribution in [3.8, 4) is 0 Å². The Morgan fingerprint density at radius 2 is 0.861 bits per heavy atom. The zero-order valence-electron chi connectivity index (χ0n) is 47.4. The Bertz CT molecular complexity index is 1510. The Balaban J connectivity index is 5.38. The smallest absolute Gasteiger partial charge is 0.306 e. The van der Waals surface area contributed by atoms with Crippen LogP contribution in [0.5, 0.6) is 0 Å². The number of rotatable bonds is 52. The zero-order chi connectivity index (χ0) is 52.9. The van der Waals surface area contributed by atoms with E-state index < -0.39 is 32.5 Å². The molecule has 0 aromatic heterocycles. The van der Waals surface area contributed by atoms with E-state index in [0.717, 1.165) is 83.5 Å². The SMILES string of the molecule is CCCCC/C=C\C/C=C\C/C=C\C/C=C\CCCCCCCC(=O)NC(COP(=O)([O-])OCC[N+](C)(C)C)C(/C=C\CCCCCCCCCCCC)OC(=O)CC/C=C/C/C=C\CCCCCCCC. The van der Waals surface area contributed by atoms with Crippen molar-refractivity contribution in [1.29, 1.82) is 0 Å². The van der Waals surface area contributed by atoms with Crippen LogP contribution in [0.2, 0.25) is 0 Å². The minimum Gasteiger partial charge on any atom is -0.756 e. The van der Waals surface area contributed by atoms with Crippen molar-refractivity contribution >= 4 is 19.7 Å². The van der Waals surface area contributed by atoms with Crippen LogP contribution in [0.3, 0.4) is 0 Å². The van der Waals surface area contributed by atoms with Gasteiger partial charge in [0.25, 0.3) is 7.82 Å². The maximum atomic E-state index is 13.5. The molecular formula is C62H111N2O7P. The van der Waals surface area contributed by atoms with Gasteiger partial charge in [0.2, 0.25) is 5.91 Å². The summed E-state index contributed by atoms with van der Waals surface area (Å²) in [5.74, 6) is -0.644. The molecule has 0 aromatic carbocycles. The summed E-state index contributed by atoms with van der Waals surface area (Å²) in [7, 11) is 1.14. The number of phosphoric ester groups is 1. The topological polar surface area (TPSA) is 114 Å². The van der Waals surface area contributed by atoms with Gasteiger partial charge in [0.15, 0.2) is 0 Å². The number of likely N-dealkylation sites (N-methyl/N-ethyl adjacent to an activating group) is 1. The molecule has 9 nitrogen and oxygen atoms in total. The van der Waals surface area contributed by atoms with Crippen LogP contribution in [0.25, 0.3) is 0 Å². The van der Waals surface area contributed by atoms with Gasteiger partial charge in [-0.3, -0.25) is 14.2 Å². The molecule has 0 spiro atoms. The summed E-state index contributed by atoms with van der Waals surface area (Å²) >= 11 is 0. The van der Waals surface area contributed by atoms with E-state index in [1.54, 1.807) is 6.08 Å². The van der Waals surface area contributed by atoms with E-state index >= 15 is 0 Å². The molecule has 0 aliphatic carbocycles. The fraction of sp³-hybridized carbons (Fsp3) is 0.742. The first kappa shape index (κ1) is 69.2. The minimum absolute atomic E-state index is 0.0372. The van der Waals surface area contributed by atoms with Crippen LogP contribution in [0.1, 0.15) is 245 Å². The second-order valence-corrected chi connectivity index (χ2v) is 22.2. The van der Waals surface area contributed by atoms with E-state index in [9.17, 15) is 19.0 Å². The van der Waals surface area contributed by atoms with Crippen molar-refractivity contribution in [3.63, 3.8) is 0 Å². The second-order valence-electron chi connectivity index (χ2n) is 20.8. The molecule has 3 atom stereocenters. The normalized spacial score (nSPS) is 14.4. The zero-order valence-corrected chi connectivity index (χ0v) is 48.3. The first-order valence-electron chi connectivity index (χ1n) is 29.4. The highest BCUT2D eigenvalue weighted by atomic mass is 31.2. The van der Waals surface area contributed by atoms with Crippen LogP contribution >= 0.6 is 7.82 Å². The Labute approximate surface area is 444 Å². The van der Waals surface area contributed by atoms with E-state index in [2.05, 4.69) is 92.9 Å². The average Bonchev–Trinajstić information content (AvgIpc) is 3.34. The summed E-state index contributed by atoms with van der Waals surface area (Å²) in [6.45, 7) is 6.74. The number of esters is 1. The van der Waals surface area contributed by atoms with Crippen molar-refractivity contribution in [2.24, 2.45) is 0 Å². The van der Waals surface area contributed by atoms with Crippen molar-refractivity contribution < 1.29 is 37.3 Å². The maximum absolute atomic E-state index is 13.5. The molecule has 0 heterocycles. The lowest BCUT2D eigenvalue weighted by Gasteiger charge is -2.30. The van der Waals surface area contributed by atoms with E-state index in [-0.39, 0.29) is 25.4 Å². The number of carbonyl (C=O) groups is 2. The van der Waals surface area contributed by atoms with Crippen molar-refractivity contribution in [2.75, 3.05) is 40.9 Å². The summed E-state index contributed by atoms with van der Waals surface area (Å²) in [6, 6.07) is -0.924. The van der Waals surface area contributed by atoms with Gasteiger partial charge in [-0.05, 0) is 96.0 Å². The molecule has 72 heavy (non-hydrogen) atoms. The first-order chi connectivity index (χ1) is 34.9. The predicted molar refractivity (Wildman–Crippen MR) is 307 cm³/mol. The number of hydrogen-bond donors (Lipinski definition) is 1. The van der Waals surface area contributed by atoms with Crippen LogP contribution in [-0.4, -0.2) is 69.4 Å². The molecule has 1 N–H and O–H groups in total. The lowest BCUT2D eigenvalue weighted by molar-refractivity contribution is -0.870. The van der Waals surface area contributed by atoms with Crippen molar-refractivity contribution in [2.45, 2.75) is 258 Å². The number of amides is 1. The molecule has 0 aliphatic rings. The van der Waals surface area contributed by atoms with Crippen LogP contribution in [0.4, 0.5) is 0 Å². The third-order valence-electron chi connectivity index (χ3n) is 12.6. The number of phosphoric acid groups is 1. The predicted octanol–water partition coefficient (Wildman–Crippen LogP) is 17.2. The summed E-state index contributed by atoms with van der Waals surface area (Å²) in [4.78, 5) is 39.8. The Morgan fingerprint density at radius 3 is 1.32 bits per heavy atom. The molecule has 0 bridgehead atoms. The fourth-order valence-corrected chi connectivity index (χ4v) is 8.69. The van der Waals surface area contributed by atoms with Crippen LogP contribution in [0, 0.1) is 0 Å². The quantitative estimate of drug-likeness (QED) is 0.0212. The van der Waals surface area contributed by atoms with Gasteiger partial charge in [-0.1, -0.05) is 222 Å². The third-order valence-corrected chi connectivity index (χ3v) is 13.5. The van der Waals surface area contributed by atoms with E-state index in [4.69, 9.17) is 13.8 Å².